The first-order valence-electron chi connectivity index (χ1n) is 13.0. The molecule has 34 heavy (non-hydrogen) atoms. The van der Waals surface area contributed by atoms with Gasteiger partial charge in [-0.1, -0.05) is 63.1 Å². The van der Waals surface area contributed by atoms with E-state index >= 15 is 0 Å². The normalized spacial score (nSPS) is 34.3. The molecule has 0 aromatic rings. The predicted octanol–water partition coefficient (Wildman–Crippen LogP) is 5.92. The van der Waals surface area contributed by atoms with Crippen LogP contribution in [0.5, 0.6) is 0 Å². The van der Waals surface area contributed by atoms with Crippen molar-refractivity contribution >= 4 is 5.97 Å². The van der Waals surface area contributed by atoms with Gasteiger partial charge in [0.25, 0.3) is 0 Å². The van der Waals surface area contributed by atoms with E-state index in [1.165, 1.54) is 18.4 Å². The van der Waals surface area contributed by atoms with Crippen molar-refractivity contribution in [2.45, 2.75) is 110 Å². The first kappa shape index (κ1) is 26.9. The van der Waals surface area contributed by atoms with Crippen LogP contribution >= 0.6 is 0 Å². The average molecular weight is 473 g/mol. The third kappa shape index (κ3) is 5.92. The molecule has 190 valence electrons. The predicted molar refractivity (Wildman–Crippen MR) is 135 cm³/mol. The lowest BCUT2D eigenvalue weighted by Gasteiger charge is -2.41. The molecule has 3 aliphatic rings. The SMILES string of the molecule is C=C1C(=CC=C2CCC[C@]3(C)C(CC)=CC[C@@H]23)C[C@](O)(OCC(=O)OC(C)(C)CCC)CC1O. The summed E-state index contributed by atoms with van der Waals surface area (Å²) in [7, 11) is 0. The second kappa shape index (κ2) is 10.5. The molecule has 0 bridgehead atoms. The van der Waals surface area contributed by atoms with Crippen molar-refractivity contribution in [2.24, 2.45) is 11.3 Å². The zero-order valence-corrected chi connectivity index (χ0v) is 21.8. The lowest BCUT2D eigenvalue weighted by atomic mass is 9.64. The van der Waals surface area contributed by atoms with Crippen molar-refractivity contribution in [3.8, 4) is 0 Å². The number of aliphatic hydroxyl groups excluding tert-OH is 1. The van der Waals surface area contributed by atoms with Crippen LogP contribution in [-0.4, -0.2) is 40.3 Å². The van der Waals surface area contributed by atoms with E-state index in [1.54, 1.807) is 5.57 Å². The Morgan fingerprint density at radius 3 is 2.74 bits per heavy atom. The standard InChI is InChI=1S/C29H44O5/c1-7-15-27(4,5)34-26(31)19-33-29(32)17-22(20(3)25(30)18-29)12-11-21-10-9-16-28(6)23(8-2)13-14-24(21)28/h11-13,24-25,30,32H,3,7-10,14-19H2,1-2,4-6H3/t24-,25?,28+,29-/m0/s1. The maximum absolute atomic E-state index is 12.3. The number of esters is 1. The molecule has 0 amide bonds. The highest BCUT2D eigenvalue weighted by Crippen LogP contribution is 2.55. The summed E-state index contributed by atoms with van der Waals surface area (Å²) in [6.45, 7) is 14.1. The summed E-state index contributed by atoms with van der Waals surface area (Å²) in [5.41, 5.74) is 4.05. The summed E-state index contributed by atoms with van der Waals surface area (Å²) in [6, 6.07) is 0. The van der Waals surface area contributed by atoms with Gasteiger partial charge in [-0.05, 0) is 74.9 Å². The molecule has 0 aromatic carbocycles. The van der Waals surface area contributed by atoms with E-state index in [4.69, 9.17) is 9.47 Å². The summed E-state index contributed by atoms with van der Waals surface area (Å²) in [6.07, 6.45) is 13.1. The molecule has 4 atom stereocenters. The fourth-order valence-corrected chi connectivity index (χ4v) is 6.24. The van der Waals surface area contributed by atoms with E-state index in [2.05, 4.69) is 32.6 Å². The number of ether oxygens (including phenoxy) is 2. The van der Waals surface area contributed by atoms with E-state index in [1.807, 2.05) is 26.8 Å². The maximum Gasteiger partial charge on any atom is 0.332 e. The van der Waals surface area contributed by atoms with Crippen LogP contribution in [0.4, 0.5) is 0 Å². The van der Waals surface area contributed by atoms with Gasteiger partial charge in [-0.2, -0.15) is 0 Å². The second-order valence-electron chi connectivity index (χ2n) is 11.2. The second-order valence-corrected chi connectivity index (χ2v) is 11.2. The van der Waals surface area contributed by atoms with Crippen molar-refractivity contribution in [1.29, 1.82) is 0 Å². The van der Waals surface area contributed by atoms with Crippen molar-refractivity contribution in [2.75, 3.05) is 6.61 Å². The molecule has 0 aliphatic heterocycles. The number of fused-ring (bicyclic) bond motifs is 1. The van der Waals surface area contributed by atoms with Crippen LogP contribution < -0.4 is 0 Å². The fraction of sp³-hybridized carbons (Fsp3) is 0.690. The molecule has 0 heterocycles. The van der Waals surface area contributed by atoms with Gasteiger partial charge in [0.05, 0.1) is 6.10 Å². The van der Waals surface area contributed by atoms with Gasteiger partial charge >= 0.3 is 5.97 Å². The van der Waals surface area contributed by atoms with Crippen molar-refractivity contribution in [3.63, 3.8) is 0 Å². The molecular weight excluding hydrogens is 428 g/mol. The number of rotatable bonds is 8. The van der Waals surface area contributed by atoms with Crippen LogP contribution in [0.2, 0.25) is 0 Å². The van der Waals surface area contributed by atoms with Gasteiger partial charge in [-0.3, -0.25) is 0 Å². The molecule has 2 fully saturated rings. The lowest BCUT2D eigenvalue weighted by molar-refractivity contribution is -0.228. The van der Waals surface area contributed by atoms with Gasteiger partial charge in [0.2, 0.25) is 0 Å². The van der Waals surface area contributed by atoms with Crippen LogP contribution in [0, 0.1) is 11.3 Å². The first-order valence-corrected chi connectivity index (χ1v) is 13.0. The zero-order valence-electron chi connectivity index (χ0n) is 21.8. The van der Waals surface area contributed by atoms with E-state index in [-0.39, 0.29) is 24.9 Å². The van der Waals surface area contributed by atoms with Crippen LogP contribution in [-0.2, 0) is 14.3 Å². The van der Waals surface area contributed by atoms with Crippen LogP contribution in [0.1, 0.15) is 92.4 Å². The third-order valence-electron chi connectivity index (χ3n) is 8.09. The molecule has 5 nitrogen and oxygen atoms in total. The van der Waals surface area contributed by atoms with Gasteiger partial charge in [0, 0.05) is 12.8 Å². The summed E-state index contributed by atoms with van der Waals surface area (Å²) in [5, 5.41) is 21.6. The van der Waals surface area contributed by atoms with Gasteiger partial charge in [-0.15, -0.1) is 0 Å². The smallest absolute Gasteiger partial charge is 0.332 e. The molecule has 0 spiro atoms. The summed E-state index contributed by atoms with van der Waals surface area (Å²) in [5.74, 6) is -1.63. The Labute approximate surface area is 205 Å². The van der Waals surface area contributed by atoms with Crippen molar-refractivity contribution in [1.82, 2.24) is 0 Å². The molecular formula is C29H44O5. The summed E-state index contributed by atoms with van der Waals surface area (Å²) < 4.78 is 11.1. The topological polar surface area (TPSA) is 76.0 Å². The van der Waals surface area contributed by atoms with E-state index in [0.717, 1.165) is 37.7 Å². The maximum atomic E-state index is 12.3. The highest BCUT2D eigenvalue weighted by Gasteiger charge is 2.44. The zero-order chi connectivity index (χ0) is 25.1. The molecule has 1 unspecified atom stereocenters. The van der Waals surface area contributed by atoms with Gasteiger partial charge in [0.1, 0.15) is 12.2 Å². The minimum Gasteiger partial charge on any atom is -0.458 e. The minimum atomic E-state index is -1.63. The molecule has 3 rings (SSSR count). The Morgan fingerprint density at radius 2 is 2.06 bits per heavy atom. The van der Waals surface area contributed by atoms with Gasteiger partial charge < -0.3 is 19.7 Å². The quantitative estimate of drug-likeness (QED) is 0.260. The molecule has 2 N–H and O–H groups in total. The lowest BCUT2D eigenvalue weighted by Crippen LogP contribution is -2.43. The third-order valence-corrected chi connectivity index (χ3v) is 8.09. The largest absolute Gasteiger partial charge is 0.458 e. The molecule has 0 saturated heterocycles. The van der Waals surface area contributed by atoms with E-state index in [0.29, 0.717) is 11.5 Å². The Bertz CT molecular complexity index is 879. The van der Waals surface area contributed by atoms with Gasteiger partial charge in [-0.25, -0.2) is 4.79 Å². The van der Waals surface area contributed by atoms with Crippen LogP contribution in [0.15, 0.2) is 47.1 Å². The molecule has 0 radical (unpaired) electrons. The first-order chi connectivity index (χ1) is 15.9. The molecule has 2 saturated carbocycles. The van der Waals surface area contributed by atoms with Gasteiger partial charge in [0.15, 0.2) is 5.79 Å². The van der Waals surface area contributed by atoms with Crippen LogP contribution in [0.3, 0.4) is 0 Å². The number of carbonyl (C=O) groups is 1. The molecule has 3 aliphatic carbocycles. The van der Waals surface area contributed by atoms with E-state index in [9.17, 15) is 15.0 Å². The molecule has 0 aromatic heterocycles. The molecule has 5 heteroatoms. The number of aliphatic hydroxyl groups is 2. The Hall–Kier alpha value is -1.69. The summed E-state index contributed by atoms with van der Waals surface area (Å²) in [4.78, 5) is 12.3. The highest BCUT2D eigenvalue weighted by atomic mass is 16.6. The summed E-state index contributed by atoms with van der Waals surface area (Å²) >= 11 is 0. The van der Waals surface area contributed by atoms with E-state index < -0.39 is 23.5 Å². The Morgan fingerprint density at radius 1 is 1.32 bits per heavy atom. The highest BCUT2D eigenvalue weighted by molar-refractivity contribution is 5.71. The van der Waals surface area contributed by atoms with Crippen molar-refractivity contribution < 1.29 is 24.5 Å². The fourth-order valence-electron chi connectivity index (χ4n) is 6.24. The average Bonchev–Trinajstić information content (AvgIpc) is 3.10. The van der Waals surface area contributed by atoms with Crippen LogP contribution in [0.25, 0.3) is 0 Å². The number of carbonyl (C=O) groups excluding carboxylic acids is 1. The number of allylic oxidation sites excluding steroid dienone is 5. The number of hydrogen-bond acceptors (Lipinski definition) is 5. The Kier molecular flexibility index (Phi) is 8.32. The Balaban J connectivity index is 1.70. The number of hydrogen-bond donors (Lipinski definition) is 2. The minimum absolute atomic E-state index is 0.0180. The van der Waals surface area contributed by atoms with Crippen molar-refractivity contribution in [3.05, 3.63) is 47.1 Å². The monoisotopic (exact) mass is 472 g/mol.